The van der Waals surface area contributed by atoms with E-state index in [9.17, 15) is 4.79 Å². The van der Waals surface area contributed by atoms with E-state index in [4.69, 9.17) is 9.47 Å². The minimum Gasteiger partial charge on any atom is -0.454 e. The molecule has 0 atom stereocenters. The summed E-state index contributed by atoms with van der Waals surface area (Å²) >= 11 is 0. The molecule has 1 heterocycles. The maximum absolute atomic E-state index is 12.3. The molecular weight excluding hydrogens is 314 g/mol. The van der Waals surface area contributed by atoms with Crippen LogP contribution in [0.25, 0.3) is 6.08 Å². The van der Waals surface area contributed by atoms with Crippen LogP contribution in [0.5, 0.6) is 11.5 Å². The predicted octanol–water partition coefficient (Wildman–Crippen LogP) is 4.40. The molecular formula is C21H23NO3. The summed E-state index contributed by atoms with van der Waals surface area (Å²) in [5, 5.41) is 2.93. The van der Waals surface area contributed by atoms with Crippen LogP contribution in [-0.4, -0.2) is 12.7 Å². The fourth-order valence-corrected chi connectivity index (χ4v) is 2.43. The van der Waals surface area contributed by atoms with Crippen molar-refractivity contribution in [1.82, 2.24) is 5.32 Å². The highest BCUT2D eigenvalue weighted by molar-refractivity contribution is 5.94. The zero-order valence-corrected chi connectivity index (χ0v) is 14.8. The van der Waals surface area contributed by atoms with Crippen LogP contribution in [0.1, 0.15) is 42.3 Å². The van der Waals surface area contributed by atoms with Crippen molar-refractivity contribution >= 4 is 12.0 Å². The van der Waals surface area contributed by atoms with Gasteiger partial charge in [-0.2, -0.15) is 0 Å². The zero-order chi connectivity index (χ0) is 17.9. The predicted molar refractivity (Wildman–Crippen MR) is 98.7 cm³/mol. The molecule has 1 amide bonds. The molecule has 1 aliphatic rings. The number of allylic oxidation sites excluding steroid dienone is 1. The van der Waals surface area contributed by atoms with Crippen molar-refractivity contribution in [2.45, 2.75) is 27.3 Å². The van der Waals surface area contributed by atoms with Crippen molar-refractivity contribution in [2.24, 2.45) is 5.41 Å². The van der Waals surface area contributed by atoms with E-state index in [1.165, 1.54) is 0 Å². The number of hydrogen-bond acceptors (Lipinski definition) is 3. The van der Waals surface area contributed by atoms with Gasteiger partial charge >= 0.3 is 0 Å². The van der Waals surface area contributed by atoms with Crippen LogP contribution < -0.4 is 14.8 Å². The van der Waals surface area contributed by atoms with Gasteiger partial charge in [-0.15, -0.1) is 0 Å². The van der Waals surface area contributed by atoms with Gasteiger partial charge < -0.3 is 14.8 Å². The number of fused-ring (bicyclic) bond motifs is 1. The molecule has 2 aromatic rings. The molecule has 0 unspecified atom stereocenters. The molecule has 3 rings (SSSR count). The number of benzene rings is 2. The Hall–Kier alpha value is -2.75. The summed E-state index contributed by atoms with van der Waals surface area (Å²) in [6, 6.07) is 13.3. The Bertz CT molecular complexity index is 786. The van der Waals surface area contributed by atoms with Gasteiger partial charge in [-0.3, -0.25) is 4.79 Å². The maximum atomic E-state index is 12.3. The van der Waals surface area contributed by atoms with Crippen LogP contribution in [-0.2, 0) is 6.54 Å². The molecule has 0 saturated carbocycles. The first-order valence-corrected chi connectivity index (χ1v) is 8.37. The van der Waals surface area contributed by atoms with Crippen LogP contribution in [0.3, 0.4) is 0 Å². The standard InChI is InChI=1S/C21H23NO3/c1-21(2,3)11-10-15-4-7-17(8-5-15)20(23)22-13-16-6-9-18-19(12-16)25-14-24-18/h4-12H,13-14H2,1-3H3,(H,22,23). The largest absolute Gasteiger partial charge is 0.454 e. The SMILES string of the molecule is CC(C)(C)C=Cc1ccc(C(=O)NCc2ccc3c(c2)OCO3)cc1. The first-order valence-electron chi connectivity index (χ1n) is 8.37. The summed E-state index contributed by atoms with van der Waals surface area (Å²) in [4.78, 5) is 12.3. The van der Waals surface area contributed by atoms with Crippen molar-refractivity contribution in [3.05, 3.63) is 65.2 Å². The van der Waals surface area contributed by atoms with Crippen LogP contribution in [0.15, 0.2) is 48.5 Å². The lowest BCUT2D eigenvalue weighted by Crippen LogP contribution is -2.22. The number of hydrogen-bond donors (Lipinski definition) is 1. The second-order valence-corrected chi connectivity index (χ2v) is 7.19. The van der Waals surface area contributed by atoms with Crippen LogP contribution in [0.2, 0.25) is 0 Å². The molecule has 0 saturated heterocycles. The molecule has 2 aromatic carbocycles. The smallest absolute Gasteiger partial charge is 0.251 e. The summed E-state index contributed by atoms with van der Waals surface area (Å²) < 4.78 is 10.6. The molecule has 1 N–H and O–H groups in total. The molecule has 1 aliphatic heterocycles. The van der Waals surface area contributed by atoms with Crippen molar-refractivity contribution in [3.8, 4) is 11.5 Å². The fraction of sp³-hybridized carbons (Fsp3) is 0.286. The lowest BCUT2D eigenvalue weighted by atomic mass is 9.95. The Morgan fingerprint density at radius 3 is 2.52 bits per heavy atom. The van der Waals surface area contributed by atoms with E-state index in [1.807, 2.05) is 42.5 Å². The summed E-state index contributed by atoms with van der Waals surface area (Å²) in [6.07, 6.45) is 4.23. The van der Waals surface area contributed by atoms with Gasteiger partial charge in [0.25, 0.3) is 5.91 Å². The van der Waals surface area contributed by atoms with E-state index in [-0.39, 0.29) is 18.1 Å². The fourth-order valence-electron chi connectivity index (χ4n) is 2.43. The van der Waals surface area contributed by atoms with Gasteiger partial charge in [0, 0.05) is 12.1 Å². The Balaban J connectivity index is 1.59. The van der Waals surface area contributed by atoms with E-state index < -0.39 is 0 Å². The molecule has 0 aromatic heterocycles. The van der Waals surface area contributed by atoms with Gasteiger partial charge in [-0.1, -0.05) is 51.1 Å². The summed E-state index contributed by atoms with van der Waals surface area (Å²) in [5.74, 6) is 1.37. The maximum Gasteiger partial charge on any atom is 0.251 e. The lowest BCUT2D eigenvalue weighted by Gasteiger charge is -2.11. The Labute approximate surface area is 148 Å². The third-order valence-corrected chi connectivity index (χ3v) is 3.84. The molecule has 130 valence electrons. The third-order valence-electron chi connectivity index (χ3n) is 3.84. The number of carbonyl (C=O) groups excluding carboxylic acids is 1. The number of rotatable bonds is 4. The molecule has 4 heteroatoms. The molecule has 0 bridgehead atoms. The second-order valence-electron chi connectivity index (χ2n) is 7.19. The van der Waals surface area contributed by atoms with Gasteiger partial charge in [0.15, 0.2) is 11.5 Å². The van der Waals surface area contributed by atoms with Gasteiger partial charge in [-0.25, -0.2) is 0 Å². The number of amides is 1. The molecule has 25 heavy (non-hydrogen) atoms. The van der Waals surface area contributed by atoms with Crippen LogP contribution >= 0.6 is 0 Å². The van der Waals surface area contributed by atoms with Gasteiger partial charge in [0.05, 0.1) is 0 Å². The normalized spacial score (nSPS) is 13.2. The summed E-state index contributed by atoms with van der Waals surface area (Å²) in [7, 11) is 0. The van der Waals surface area contributed by atoms with Crippen molar-refractivity contribution in [2.75, 3.05) is 6.79 Å². The first-order chi connectivity index (χ1) is 11.9. The summed E-state index contributed by atoms with van der Waals surface area (Å²) in [6.45, 7) is 7.16. The number of ether oxygens (including phenoxy) is 2. The van der Waals surface area contributed by atoms with Gasteiger partial charge in [0.2, 0.25) is 6.79 Å². The van der Waals surface area contributed by atoms with E-state index in [0.717, 1.165) is 22.6 Å². The number of carbonyl (C=O) groups is 1. The Morgan fingerprint density at radius 1 is 1.08 bits per heavy atom. The quantitative estimate of drug-likeness (QED) is 0.899. The van der Waals surface area contributed by atoms with Crippen molar-refractivity contribution < 1.29 is 14.3 Å². The van der Waals surface area contributed by atoms with E-state index in [2.05, 4.69) is 38.2 Å². The zero-order valence-electron chi connectivity index (χ0n) is 14.8. The molecule has 0 radical (unpaired) electrons. The molecule has 0 fully saturated rings. The lowest BCUT2D eigenvalue weighted by molar-refractivity contribution is 0.0951. The average molecular weight is 337 g/mol. The second kappa shape index (κ2) is 7.01. The van der Waals surface area contributed by atoms with Crippen LogP contribution in [0.4, 0.5) is 0 Å². The summed E-state index contributed by atoms with van der Waals surface area (Å²) in [5.41, 5.74) is 2.85. The van der Waals surface area contributed by atoms with E-state index >= 15 is 0 Å². The highest BCUT2D eigenvalue weighted by Gasteiger charge is 2.13. The Morgan fingerprint density at radius 2 is 1.80 bits per heavy atom. The van der Waals surface area contributed by atoms with Crippen molar-refractivity contribution in [1.29, 1.82) is 0 Å². The molecule has 0 aliphatic carbocycles. The monoisotopic (exact) mass is 337 g/mol. The highest BCUT2D eigenvalue weighted by Crippen LogP contribution is 2.32. The van der Waals surface area contributed by atoms with Gasteiger partial charge in [-0.05, 0) is 40.8 Å². The molecule has 4 nitrogen and oxygen atoms in total. The minimum absolute atomic E-state index is 0.0935. The van der Waals surface area contributed by atoms with E-state index in [0.29, 0.717) is 12.1 Å². The van der Waals surface area contributed by atoms with Crippen molar-refractivity contribution in [3.63, 3.8) is 0 Å². The molecule has 0 spiro atoms. The minimum atomic E-state index is -0.0935. The Kier molecular flexibility index (Phi) is 4.79. The number of nitrogens with one attached hydrogen (secondary N) is 1. The third kappa shape index (κ3) is 4.63. The van der Waals surface area contributed by atoms with Gasteiger partial charge in [0.1, 0.15) is 0 Å². The van der Waals surface area contributed by atoms with Crippen LogP contribution in [0, 0.1) is 5.41 Å². The highest BCUT2D eigenvalue weighted by atomic mass is 16.7. The topological polar surface area (TPSA) is 47.6 Å². The average Bonchev–Trinajstić information content (AvgIpc) is 3.05. The first kappa shape index (κ1) is 17.1. The van der Waals surface area contributed by atoms with E-state index in [1.54, 1.807) is 0 Å².